The number of carbonyl (C=O) groups excluding carboxylic acids is 1. The molecule has 0 aromatic carbocycles. The molecule has 0 saturated heterocycles. The van der Waals surface area contributed by atoms with Crippen molar-refractivity contribution in [3.63, 3.8) is 0 Å². The molecule has 0 fully saturated rings. The highest BCUT2D eigenvalue weighted by atomic mass is 32.2. The Kier molecular flexibility index (Phi) is 7.50. The van der Waals surface area contributed by atoms with Crippen LogP contribution in [0.5, 0.6) is 0 Å². The summed E-state index contributed by atoms with van der Waals surface area (Å²) in [6.07, 6.45) is 2.43. The lowest BCUT2D eigenvalue weighted by Crippen LogP contribution is -2.11. The number of halogens is 1. The molecule has 0 bridgehead atoms. The standard InChI is InChI=1S/C5H6O.FH2NO3S/c1-3-5(6)4-2;1-2-6(3,4)5/h3-4H,1-2H2;2H,(H,3,4,5). The summed E-state index contributed by atoms with van der Waals surface area (Å²) in [5.74, 6) is -0.130. The fourth-order valence-corrected chi connectivity index (χ4v) is 0.0833. The highest BCUT2D eigenvalue weighted by Gasteiger charge is 1.95. The maximum Gasteiger partial charge on any atom is 0.359 e. The summed E-state index contributed by atoms with van der Waals surface area (Å²) in [7, 11) is -4.58. The van der Waals surface area contributed by atoms with Gasteiger partial charge < -0.3 is 0 Å². The zero-order valence-corrected chi connectivity index (χ0v) is 6.84. The van der Waals surface area contributed by atoms with E-state index in [2.05, 4.69) is 13.2 Å². The largest absolute Gasteiger partial charge is 0.359 e. The van der Waals surface area contributed by atoms with Gasteiger partial charge in [-0.25, -0.2) is 0 Å². The first-order valence-corrected chi connectivity index (χ1v) is 3.95. The summed E-state index contributed by atoms with van der Waals surface area (Å²) in [5.41, 5.74) is 0. The molecule has 70 valence electrons. The van der Waals surface area contributed by atoms with Crippen molar-refractivity contribution in [1.29, 1.82) is 0 Å². The quantitative estimate of drug-likeness (QED) is 0.384. The van der Waals surface area contributed by atoms with Gasteiger partial charge in [-0.3, -0.25) is 9.35 Å². The minimum absolute atomic E-state index is 0.130. The Morgan fingerprint density at radius 3 is 1.67 bits per heavy atom. The molecule has 2 N–H and O–H groups in total. The molecule has 0 aliphatic heterocycles. The minimum Gasteiger partial charge on any atom is -0.290 e. The van der Waals surface area contributed by atoms with Gasteiger partial charge in [-0.2, -0.15) is 8.42 Å². The predicted molar refractivity (Wildman–Crippen MR) is 41.2 cm³/mol. The summed E-state index contributed by atoms with van der Waals surface area (Å²) in [6, 6.07) is 0. The van der Waals surface area contributed by atoms with Gasteiger partial charge in [-0.1, -0.05) is 13.2 Å². The van der Waals surface area contributed by atoms with Gasteiger partial charge in [0.05, 0.1) is 0 Å². The van der Waals surface area contributed by atoms with Crippen LogP contribution in [0.3, 0.4) is 0 Å². The zero-order valence-electron chi connectivity index (χ0n) is 6.03. The van der Waals surface area contributed by atoms with Crippen LogP contribution in [0.25, 0.3) is 0 Å². The van der Waals surface area contributed by atoms with Crippen molar-refractivity contribution < 1.29 is 22.2 Å². The zero-order chi connectivity index (χ0) is 10.2. The second kappa shape index (κ2) is 6.65. The number of carbonyl (C=O) groups is 1. The maximum absolute atomic E-state index is 10.4. The molecule has 0 atom stereocenters. The monoisotopic (exact) mass is 197 g/mol. The van der Waals surface area contributed by atoms with Gasteiger partial charge in [0.1, 0.15) is 0 Å². The molecule has 0 aliphatic carbocycles. The molecule has 0 saturated carbocycles. The van der Waals surface area contributed by atoms with Crippen molar-refractivity contribution in [2.75, 3.05) is 0 Å². The number of rotatable bonds is 3. The van der Waals surface area contributed by atoms with Crippen LogP contribution in [0.1, 0.15) is 0 Å². The van der Waals surface area contributed by atoms with Gasteiger partial charge >= 0.3 is 10.3 Å². The van der Waals surface area contributed by atoms with Crippen molar-refractivity contribution in [3.05, 3.63) is 25.3 Å². The van der Waals surface area contributed by atoms with Gasteiger partial charge in [0.2, 0.25) is 0 Å². The Morgan fingerprint density at radius 1 is 1.42 bits per heavy atom. The number of nitrogens with one attached hydrogen (secondary N) is 1. The van der Waals surface area contributed by atoms with E-state index in [9.17, 15) is 9.28 Å². The average molecular weight is 197 g/mol. The van der Waals surface area contributed by atoms with E-state index in [1.165, 1.54) is 12.2 Å². The van der Waals surface area contributed by atoms with Crippen molar-refractivity contribution in [2.24, 2.45) is 0 Å². The molecule has 0 unspecified atom stereocenters. The maximum atomic E-state index is 10.4. The van der Waals surface area contributed by atoms with E-state index < -0.39 is 10.3 Å². The predicted octanol–water partition coefficient (Wildman–Crippen LogP) is 0.191. The SMILES string of the molecule is C=CC(=O)C=C.O=S(=O)(O)NF. The Labute approximate surface area is 69.4 Å². The van der Waals surface area contributed by atoms with E-state index in [1.807, 2.05) is 0 Å². The smallest absolute Gasteiger partial charge is 0.290 e. The normalized spacial score (nSPS) is 9.17. The van der Waals surface area contributed by atoms with Crippen molar-refractivity contribution >= 4 is 16.1 Å². The molecule has 5 nitrogen and oxygen atoms in total. The van der Waals surface area contributed by atoms with Crippen molar-refractivity contribution in [3.8, 4) is 0 Å². The molecule has 0 radical (unpaired) electrons. The van der Waals surface area contributed by atoms with E-state index in [1.54, 1.807) is 0 Å². The third-order valence-electron chi connectivity index (χ3n) is 0.500. The lowest BCUT2D eigenvalue weighted by atomic mass is 10.4. The molecule has 0 aromatic rings. The van der Waals surface area contributed by atoms with Crippen LogP contribution >= 0.6 is 0 Å². The number of hydrogen-bond donors (Lipinski definition) is 2. The summed E-state index contributed by atoms with van der Waals surface area (Å²) >= 11 is 0. The molecule has 0 heterocycles. The third kappa shape index (κ3) is 16.0. The Bertz CT molecular complexity index is 249. The van der Waals surface area contributed by atoms with Crippen LogP contribution in [0.15, 0.2) is 25.3 Å². The average Bonchev–Trinajstić information content (AvgIpc) is 2.03. The fraction of sp³-hybridized carbons (Fsp3) is 0. The molecule has 0 rings (SSSR count). The molecular formula is C5H8FNO4S. The van der Waals surface area contributed by atoms with Crippen LogP contribution in [0.4, 0.5) is 4.48 Å². The van der Waals surface area contributed by atoms with Crippen LogP contribution < -0.4 is 4.94 Å². The van der Waals surface area contributed by atoms with Crippen molar-refractivity contribution in [1.82, 2.24) is 4.94 Å². The van der Waals surface area contributed by atoms with E-state index >= 15 is 0 Å². The lowest BCUT2D eigenvalue weighted by molar-refractivity contribution is -0.110. The second-order valence-electron chi connectivity index (χ2n) is 1.36. The molecule has 0 aromatic heterocycles. The molecule has 12 heavy (non-hydrogen) atoms. The fourth-order valence-electron chi connectivity index (χ4n) is 0.0833. The van der Waals surface area contributed by atoms with E-state index in [4.69, 9.17) is 13.0 Å². The number of allylic oxidation sites excluding steroid dienone is 2. The summed E-state index contributed by atoms with van der Waals surface area (Å²) in [5, 5.41) is 0. The second-order valence-corrected chi connectivity index (χ2v) is 2.47. The number of ketones is 1. The topological polar surface area (TPSA) is 83.5 Å². The van der Waals surface area contributed by atoms with E-state index in [0.29, 0.717) is 0 Å². The van der Waals surface area contributed by atoms with Crippen LogP contribution in [0, 0.1) is 0 Å². The first-order chi connectivity index (χ1) is 5.37. The Balaban J connectivity index is 0. The van der Waals surface area contributed by atoms with Gasteiger partial charge in [-0.15, -0.1) is 4.48 Å². The summed E-state index contributed by atoms with van der Waals surface area (Å²) < 4.78 is 35.9. The van der Waals surface area contributed by atoms with Crippen LogP contribution in [-0.4, -0.2) is 18.8 Å². The van der Waals surface area contributed by atoms with E-state index in [-0.39, 0.29) is 10.7 Å². The summed E-state index contributed by atoms with van der Waals surface area (Å²) in [6.45, 7) is 6.42. The van der Waals surface area contributed by atoms with Crippen molar-refractivity contribution in [2.45, 2.75) is 0 Å². The minimum atomic E-state index is -4.58. The molecule has 0 aliphatic rings. The van der Waals surface area contributed by atoms with Crippen LogP contribution in [0.2, 0.25) is 0 Å². The van der Waals surface area contributed by atoms with Gasteiger partial charge in [0.15, 0.2) is 5.78 Å². The lowest BCUT2D eigenvalue weighted by Gasteiger charge is -1.78. The van der Waals surface area contributed by atoms with Crippen LogP contribution in [-0.2, 0) is 15.1 Å². The third-order valence-corrected chi connectivity index (χ3v) is 0.695. The highest BCUT2D eigenvalue weighted by molar-refractivity contribution is 7.83. The summed E-state index contributed by atoms with van der Waals surface area (Å²) in [4.78, 5) is 10.1. The first-order valence-electron chi connectivity index (χ1n) is 2.51. The Hall–Kier alpha value is -1.05. The molecular weight excluding hydrogens is 189 g/mol. The first kappa shape index (κ1) is 13.5. The van der Waals surface area contributed by atoms with Gasteiger partial charge in [0.25, 0.3) is 0 Å². The van der Waals surface area contributed by atoms with E-state index in [0.717, 1.165) is 0 Å². The molecule has 0 amide bonds. The van der Waals surface area contributed by atoms with Gasteiger partial charge in [-0.05, 0) is 17.1 Å². The highest BCUT2D eigenvalue weighted by Crippen LogP contribution is 1.68. The molecule has 7 heteroatoms. The molecule has 0 spiro atoms. The number of hydrogen-bond acceptors (Lipinski definition) is 3. The van der Waals surface area contributed by atoms with Gasteiger partial charge in [0, 0.05) is 0 Å². The Morgan fingerprint density at radius 2 is 1.67 bits per heavy atom.